The number of hydrogen-bond donors (Lipinski definition) is 5. The Morgan fingerprint density at radius 2 is 1.56 bits per heavy atom. The van der Waals surface area contributed by atoms with Crippen LogP contribution in [0.15, 0.2) is 0 Å². The van der Waals surface area contributed by atoms with Crippen molar-refractivity contribution in [3.8, 4) is 0 Å². The van der Waals surface area contributed by atoms with Crippen molar-refractivity contribution in [2.24, 2.45) is 11.5 Å². The predicted octanol–water partition coefficient (Wildman–Crippen LogP) is -1.51. The Bertz CT molecular complexity index is 321. The second-order valence-corrected chi connectivity index (χ2v) is 4.05. The molecule has 0 saturated carbocycles. The summed E-state index contributed by atoms with van der Waals surface area (Å²) in [5.74, 6) is -2.83. The minimum Gasteiger partial charge on any atom is -0.480 e. The zero-order valence-corrected chi connectivity index (χ0v) is 10.1. The van der Waals surface area contributed by atoms with Crippen LogP contribution in [0.4, 0.5) is 0 Å². The van der Waals surface area contributed by atoms with Crippen molar-refractivity contribution < 1.29 is 24.6 Å². The molecular formula is C10H19N3O5. The number of carbonyl (C=O) groups excluding carboxylic acids is 1. The summed E-state index contributed by atoms with van der Waals surface area (Å²) in [6, 6.07) is -2.85. The summed E-state index contributed by atoms with van der Waals surface area (Å²) >= 11 is 0. The van der Waals surface area contributed by atoms with Crippen LogP contribution in [0.2, 0.25) is 0 Å². The molecule has 8 nitrogen and oxygen atoms in total. The van der Waals surface area contributed by atoms with Gasteiger partial charge in [0.05, 0.1) is 6.04 Å². The third kappa shape index (κ3) is 6.16. The largest absolute Gasteiger partial charge is 0.480 e. The molecule has 7 N–H and O–H groups in total. The van der Waals surface area contributed by atoms with Crippen molar-refractivity contribution in [3.05, 3.63) is 0 Å². The number of carboxylic acid groups (broad SMARTS) is 2. The molecule has 0 unspecified atom stereocenters. The van der Waals surface area contributed by atoms with Crippen molar-refractivity contribution in [2.45, 2.75) is 44.3 Å². The smallest absolute Gasteiger partial charge is 0.325 e. The third-order valence-electron chi connectivity index (χ3n) is 2.41. The Balaban J connectivity index is 3.95. The van der Waals surface area contributed by atoms with E-state index in [4.69, 9.17) is 21.7 Å². The van der Waals surface area contributed by atoms with E-state index in [0.29, 0.717) is 6.42 Å². The van der Waals surface area contributed by atoms with Gasteiger partial charge in [-0.05, 0) is 26.2 Å². The lowest BCUT2D eigenvalue weighted by Gasteiger charge is -2.15. The van der Waals surface area contributed by atoms with Crippen LogP contribution in [0.1, 0.15) is 26.2 Å². The minimum atomic E-state index is -1.15. The molecule has 0 aromatic heterocycles. The van der Waals surface area contributed by atoms with Gasteiger partial charge in [-0.2, -0.15) is 0 Å². The highest BCUT2D eigenvalue weighted by Gasteiger charge is 2.19. The summed E-state index contributed by atoms with van der Waals surface area (Å²) in [4.78, 5) is 32.3. The van der Waals surface area contributed by atoms with Gasteiger partial charge in [0.1, 0.15) is 12.1 Å². The molecule has 0 bridgehead atoms. The molecule has 104 valence electrons. The molecule has 18 heavy (non-hydrogen) atoms. The number of nitrogens with two attached hydrogens (primary N) is 2. The average molecular weight is 261 g/mol. The number of carboxylic acids is 2. The van der Waals surface area contributed by atoms with Crippen LogP contribution in [0.3, 0.4) is 0 Å². The van der Waals surface area contributed by atoms with Gasteiger partial charge < -0.3 is 27.0 Å². The van der Waals surface area contributed by atoms with Crippen LogP contribution in [0, 0.1) is 0 Å². The number of amides is 1. The first-order valence-corrected chi connectivity index (χ1v) is 5.52. The van der Waals surface area contributed by atoms with Gasteiger partial charge in [0.25, 0.3) is 0 Å². The van der Waals surface area contributed by atoms with E-state index in [9.17, 15) is 14.4 Å². The molecule has 0 aliphatic heterocycles. The third-order valence-corrected chi connectivity index (χ3v) is 2.41. The van der Waals surface area contributed by atoms with Gasteiger partial charge in [-0.3, -0.25) is 14.4 Å². The monoisotopic (exact) mass is 261 g/mol. The fourth-order valence-corrected chi connectivity index (χ4v) is 1.19. The molecule has 0 aromatic carbocycles. The fourth-order valence-electron chi connectivity index (χ4n) is 1.19. The van der Waals surface area contributed by atoms with Crippen molar-refractivity contribution in [2.75, 3.05) is 0 Å². The predicted molar refractivity (Wildman–Crippen MR) is 62.7 cm³/mol. The van der Waals surface area contributed by atoms with Crippen LogP contribution in [0.5, 0.6) is 0 Å². The maximum absolute atomic E-state index is 11.4. The van der Waals surface area contributed by atoms with E-state index in [2.05, 4.69) is 5.32 Å². The van der Waals surface area contributed by atoms with Gasteiger partial charge in [0, 0.05) is 0 Å². The number of nitrogens with one attached hydrogen (secondary N) is 1. The Morgan fingerprint density at radius 1 is 1.06 bits per heavy atom. The summed E-state index contributed by atoms with van der Waals surface area (Å²) in [6.07, 6.45) is 0.841. The molecule has 8 heteroatoms. The molecule has 3 atom stereocenters. The highest BCUT2D eigenvalue weighted by Crippen LogP contribution is 2.02. The first-order valence-electron chi connectivity index (χ1n) is 5.52. The van der Waals surface area contributed by atoms with Crippen LogP contribution >= 0.6 is 0 Å². The van der Waals surface area contributed by atoms with Crippen LogP contribution < -0.4 is 16.8 Å². The van der Waals surface area contributed by atoms with Crippen molar-refractivity contribution in [1.82, 2.24) is 5.32 Å². The topological polar surface area (TPSA) is 156 Å². The highest BCUT2D eigenvalue weighted by atomic mass is 16.4. The Kier molecular flexibility index (Phi) is 6.91. The van der Waals surface area contributed by atoms with Gasteiger partial charge in [-0.15, -0.1) is 0 Å². The van der Waals surface area contributed by atoms with Crippen molar-refractivity contribution >= 4 is 17.8 Å². The van der Waals surface area contributed by atoms with E-state index in [1.807, 2.05) is 0 Å². The standard InChI is InChI=1S/C10H19N3O5/c1-5(9(15)16)13-8(14)6(11)3-2-4-7(12)10(17)18/h5-7H,2-4,11-12H2,1H3,(H,13,14)(H,15,16)(H,17,18)/t5-,6+,7-/m1/s1. The molecule has 0 heterocycles. The molecule has 0 spiro atoms. The molecule has 0 aromatic rings. The summed E-state index contributed by atoms with van der Waals surface area (Å²) in [5, 5.41) is 19.3. The van der Waals surface area contributed by atoms with Crippen LogP contribution in [-0.4, -0.2) is 46.2 Å². The van der Waals surface area contributed by atoms with E-state index in [1.165, 1.54) is 6.92 Å². The second kappa shape index (κ2) is 7.62. The maximum Gasteiger partial charge on any atom is 0.325 e. The van der Waals surface area contributed by atoms with Gasteiger partial charge >= 0.3 is 11.9 Å². The van der Waals surface area contributed by atoms with Gasteiger partial charge in [-0.25, -0.2) is 0 Å². The zero-order chi connectivity index (χ0) is 14.3. The zero-order valence-electron chi connectivity index (χ0n) is 10.1. The number of carbonyl (C=O) groups is 3. The van der Waals surface area contributed by atoms with Gasteiger partial charge in [-0.1, -0.05) is 0 Å². The molecule has 0 rings (SSSR count). The fraction of sp³-hybridized carbons (Fsp3) is 0.700. The lowest BCUT2D eigenvalue weighted by molar-refractivity contribution is -0.141. The van der Waals surface area contributed by atoms with Crippen LogP contribution in [-0.2, 0) is 14.4 Å². The van der Waals surface area contributed by atoms with Crippen molar-refractivity contribution in [1.29, 1.82) is 0 Å². The quantitative estimate of drug-likeness (QED) is 0.355. The molecule has 1 amide bonds. The average Bonchev–Trinajstić information content (AvgIpc) is 2.27. The second-order valence-electron chi connectivity index (χ2n) is 4.05. The van der Waals surface area contributed by atoms with E-state index < -0.39 is 36.0 Å². The summed E-state index contributed by atoms with van der Waals surface area (Å²) in [5.41, 5.74) is 10.8. The first-order chi connectivity index (χ1) is 8.25. The van der Waals surface area contributed by atoms with E-state index in [1.54, 1.807) is 0 Å². The molecule has 0 saturated heterocycles. The molecule has 0 fully saturated rings. The van der Waals surface area contributed by atoms with Gasteiger partial charge in [0.2, 0.25) is 5.91 Å². The first kappa shape index (κ1) is 16.3. The lowest BCUT2D eigenvalue weighted by Crippen LogP contribution is -2.47. The SMILES string of the molecule is C[C@@H](NC(=O)[C@@H](N)CCC[C@@H](N)C(=O)O)C(=O)O. The van der Waals surface area contributed by atoms with Crippen molar-refractivity contribution in [3.63, 3.8) is 0 Å². The molecule has 0 aliphatic rings. The van der Waals surface area contributed by atoms with Gasteiger partial charge in [0.15, 0.2) is 0 Å². The Labute approximate surface area is 104 Å². The Morgan fingerprint density at radius 3 is 2.00 bits per heavy atom. The summed E-state index contributed by atoms with van der Waals surface area (Å²) in [6.45, 7) is 1.33. The van der Waals surface area contributed by atoms with E-state index in [-0.39, 0.29) is 12.8 Å². The van der Waals surface area contributed by atoms with E-state index in [0.717, 1.165) is 0 Å². The van der Waals surface area contributed by atoms with Crippen LogP contribution in [0.25, 0.3) is 0 Å². The number of aliphatic carboxylic acids is 2. The summed E-state index contributed by atoms with van der Waals surface area (Å²) < 4.78 is 0. The molecular weight excluding hydrogens is 242 g/mol. The highest BCUT2D eigenvalue weighted by molar-refractivity contribution is 5.86. The maximum atomic E-state index is 11.4. The lowest BCUT2D eigenvalue weighted by atomic mass is 10.1. The number of hydrogen-bond acceptors (Lipinski definition) is 5. The summed E-state index contributed by atoms with van der Waals surface area (Å²) in [7, 11) is 0. The minimum absolute atomic E-state index is 0.213. The molecule has 0 aliphatic carbocycles. The van der Waals surface area contributed by atoms with E-state index >= 15 is 0 Å². The normalized spacial score (nSPS) is 15.5. The molecule has 0 radical (unpaired) electrons. The number of rotatable bonds is 8. The Hall–Kier alpha value is -1.67.